The molecule has 0 aliphatic carbocycles. The maximum atomic E-state index is 14.1. The third-order valence-electron chi connectivity index (χ3n) is 7.56. The largest absolute Gasteiger partial charge is 0.383 e. The quantitative estimate of drug-likeness (QED) is 0.392. The first-order valence-electron chi connectivity index (χ1n) is 13.7. The van der Waals surface area contributed by atoms with E-state index in [0.717, 1.165) is 80.1 Å². The standard InChI is InChI=1S/C30H43N5O2/c1-6-25-12-9-11-23(2)30(25)35(24(3)22-37-5)29(36)21-34-27-14-8-7-13-26(27)31-28(34)15-10-16-33-19-17-32(4)18-20-33/h7-9,11-14,24H,6,10,15-22H2,1-5H3. The second-order valence-electron chi connectivity index (χ2n) is 10.4. The maximum absolute atomic E-state index is 14.1. The molecule has 4 rings (SSSR count). The molecule has 1 aliphatic rings. The zero-order chi connectivity index (χ0) is 26.4. The summed E-state index contributed by atoms with van der Waals surface area (Å²) in [6.45, 7) is 12.6. The normalized spacial score (nSPS) is 15.8. The van der Waals surface area contributed by atoms with Gasteiger partial charge in [-0.2, -0.15) is 0 Å². The van der Waals surface area contributed by atoms with Crippen LogP contribution in [0, 0.1) is 6.92 Å². The van der Waals surface area contributed by atoms with Gasteiger partial charge in [0.25, 0.3) is 0 Å². The number of aromatic nitrogens is 2. The van der Waals surface area contributed by atoms with Crippen LogP contribution >= 0.6 is 0 Å². The fourth-order valence-electron chi connectivity index (χ4n) is 5.49. The first-order chi connectivity index (χ1) is 17.9. The van der Waals surface area contributed by atoms with Gasteiger partial charge in [0.2, 0.25) is 5.91 Å². The Bertz CT molecular complexity index is 1180. The molecule has 3 aromatic rings. The highest BCUT2D eigenvalue weighted by Gasteiger charge is 2.27. The van der Waals surface area contributed by atoms with Crippen LogP contribution in [0.2, 0.25) is 0 Å². The molecule has 0 spiro atoms. The van der Waals surface area contributed by atoms with Crippen molar-refractivity contribution in [2.24, 2.45) is 0 Å². The number of hydrogen-bond donors (Lipinski definition) is 0. The van der Waals surface area contributed by atoms with Gasteiger partial charge in [-0.25, -0.2) is 4.98 Å². The zero-order valence-corrected chi connectivity index (χ0v) is 23.2. The summed E-state index contributed by atoms with van der Waals surface area (Å²) in [6.07, 6.45) is 2.75. The van der Waals surface area contributed by atoms with Gasteiger partial charge >= 0.3 is 0 Å². The van der Waals surface area contributed by atoms with E-state index in [1.54, 1.807) is 7.11 Å². The number of likely N-dealkylation sites (N-methyl/N-ethyl adjacent to an activating group) is 1. The minimum atomic E-state index is -0.0839. The third-order valence-corrected chi connectivity index (χ3v) is 7.56. The number of carbonyl (C=O) groups is 1. The van der Waals surface area contributed by atoms with Gasteiger partial charge in [0.15, 0.2) is 0 Å². The van der Waals surface area contributed by atoms with Crippen molar-refractivity contribution in [2.45, 2.75) is 52.6 Å². The molecule has 1 saturated heterocycles. The number of amides is 1. The van der Waals surface area contributed by atoms with E-state index in [-0.39, 0.29) is 18.5 Å². The van der Waals surface area contributed by atoms with E-state index in [2.05, 4.69) is 66.5 Å². The lowest BCUT2D eigenvalue weighted by Gasteiger charge is -2.33. The molecule has 2 aromatic carbocycles. The topological polar surface area (TPSA) is 53.8 Å². The Morgan fingerprint density at radius 1 is 1.11 bits per heavy atom. The van der Waals surface area contributed by atoms with Gasteiger partial charge in [-0.1, -0.05) is 37.3 Å². The molecule has 1 amide bonds. The lowest BCUT2D eigenvalue weighted by molar-refractivity contribution is -0.119. The van der Waals surface area contributed by atoms with E-state index >= 15 is 0 Å². The number of imidazole rings is 1. The summed E-state index contributed by atoms with van der Waals surface area (Å²) in [6, 6.07) is 14.4. The fraction of sp³-hybridized carbons (Fsp3) is 0.533. The van der Waals surface area contributed by atoms with Crippen LogP contribution in [0.4, 0.5) is 5.69 Å². The molecule has 37 heavy (non-hydrogen) atoms. The van der Waals surface area contributed by atoms with Crippen molar-refractivity contribution in [3.8, 4) is 0 Å². The Morgan fingerprint density at radius 2 is 1.86 bits per heavy atom. The van der Waals surface area contributed by atoms with Crippen molar-refractivity contribution in [3.63, 3.8) is 0 Å². The first kappa shape index (κ1) is 27.3. The smallest absolute Gasteiger partial charge is 0.247 e. The lowest BCUT2D eigenvalue weighted by Crippen LogP contribution is -2.44. The van der Waals surface area contributed by atoms with Crippen molar-refractivity contribution >= 4 is 22.6 Å². The Balaban J connectivity index is 1.60. The summed E-state index contributed by atoms with van der Waals surface area (Å²) < 4.78 is 7.63. The highest BCUT2D eigenvalue weighted by molar-refractivity contribution is 5.96. The lowest BCUT2D eigenvalue weighted by atomic mass is 10.0. The second-order valence-corrected chi connectivity index (χ2v) is 10.4. The molecule has 0 radical (unpaired) electrons. The highest BCUT2D eigenvalue weighted by Crippen LogP contribution is 2.29. The molecule has 0 bridgehead atoms. The molecule has 1 aromatic heterocycles. The van der Waals surface area contributed by atoms with Crippen LogP contribution in [-0.4, -0.2) is 84.8 Å². The van der Waals surface area contributed by atoms with Gasteiger partial charge in [0.05, 0.1) is 29.4 Å². The monoisotopic (exact) mass is 505 g/mol. The zero-order valence-electron chi connectivity index (χ0n) is 23.2. The number of aryl methyl sites for hydroxylation is 3. The van der Waals surface area contributed by atoms with Crippen molar-refractivity contribution in [1.82, 2.24) is 19.4 Å². The molecule has 1 fully saturated rings. The summed E-state index contributed by atoms with van der Waals surface area (Å²) in [4.78, 5) is 26.0. The van der Waals surface area contributed by atoms with Crippen molar-refractivity contribution in [2.75, 3.05) is 58.4 Å². The Morgan fingerprint density at radius 3 is 2.59 bits per heavy atom. The van der Waals surface area contributed by atoms with Crippen molar-refractivity contribution in [1.29, 1.82) is 0 Å². The van der Waals surface area contributed by atoms with Crippen LogP contribution in [0.1, 0.15) is 37.2 Å². The van der Waals surface area contributed by atoms with Crippen LogP contribution in [-0.2, 0) is 28.9 Å². The highest BCUT2D eigenvalue weighted by atomic mass is 16.5. The van der Waals surface area contributed by atoms with E-state index in [4.69, 9.17) is 9.72 Å². The van der Waals surface area contributed by atoms with Gasteiger partial charge < -0.3 is 24.0 Å². The number of methoxy groups -OCH3 is 1. The summed E-state index contributed by atoms with van der Waals surface area (Å²) in [5.74, 6) is 1.06. The van der Waals surface area contributed by atoms with E-state index in [9.17, 15) is 4.79 Å². The SMILES string of the molecule is CCc1cccc(C)c1N(C(=O)Cn1c(CCCN2CCN(C)CC2)nc2ccccc21)C(C)COC. The van der Waals surface area contributed by atoms with Crippen LogP contribution in [0.25, 0.3) is 11.0 Å². The number of benzene rings is 2. The second kappa shape index (κ2) is 12.7. The Kier molecular flexibility index (Phi) is 9.35. The molecule has 0 N–H and O–H groups in total. The molecular weight excluding hydrogens is 462 g/mol. The number of anilines is 1. The molecule has 7 nitrogen and oxygen atoms in total. The number of piperazine rings is 1. The van der Waals surface area contributed by atoms with Gasteiger partial charge in [0.1, 0.15) is 12.4 Å². The van der Waals surface area contributed by atoms with Crippen molar-refractivity contribution in [3.05, 3.63) is 59.4 Å². The number of para-hydroxylation sites is 3. The van der Waals surface area contributed by atoms with Gasteiger partial charge in [0, 0.05) is 39.7 Å². The number of nitrogens with zero attached hydrogens (tertiary/aromatic N) is 5. The molecular formula is C30H43N5O2. The summed E-state index contributed by atoms with van der Waals surface area (Å²) >= 11 is 0. The third kappa shape index (κ3) is 6.40. The molecule has 2 heterocycles. The first-order valence-corrected chi connectivity index (χ1v) is 13.7. The van der Waals surface area contributed by atoms with Crippen LogP contribution in [0.3, 0.4) is 0 Å². The molecule has 1 atom stereocenters. The minimum Gasteiger partial charge on any atom is -0.383 e. The van der Waals surface area contributed by atoms with E-state index in [1.165, 1.54) is 5.56 Å². The molecule has 200 valence electrons. The number of rotatable bonds is 11. The van der Waals surface area contributed by atoms with E-state index < -0.39 is 0 Å². The van der Waals surface area contributed by atoms with E-state index in [0.29, 0.717) is 6.61 Å². The average molecular weight is 506 g/mol. The number of ether oxygens (including phenoxy) is 1. The number of carbonyl (C=O) groups excluding carboxylic acids is 1. The summed E-state index contributed by atoms with van der Waals surface area (Å²) in [7, 11) is 3.88. The van der Waals surface area contributed by atoms with Gasteiger partial charge in [-0.05, 0) is 63.5 Å². The predicted molar refractivity (Wildman–Crippen MR) is 151 cm³/mol. The fourth-order valence-corrected chi connectivity index (χ4v) is 5.49. The van der Waals surface area contributed by atoms with Crippen LogP contribution in [0.5, 0.6) is 0 Å². The molecule has 7 heteroatoms. The number of hydrogen-bond acceptors (Lipinski definition) is 5. The van der Waals surface area contributed by atoms with Crippen LogP contribution in [0.15, 0.2) is 42.5 Å². The maximum Gasteiger partial charge on any atom is 0.247 e. The van der Waals surface area contributed by atoms with Crippen LogP contribution < -0.4 is 4.90 Å². The molecule has 1 unspecified atom stereocenters. The van der Waals surface area contributed by atoms with Gasteiger partial charge in [-0.15, -0.1) is 0 Å². The van der Waals surface area contributed by atoms with Crippen molar-refractivity contribution < 1.29 is 9.53 Å². The Hall–Kier alpha value is -2.74. The van der Waals surface area contributed by atoms with Gasteiger partial charge in [-0.3, -0.25) is 4.79 Å². The van der Waals surface area contributed by atoms with E-state index in [1.807, 2.05) is 23.1 Å². The minimum absolute atomic E-state index is 0.0667. The molecule has 1 aliphatic heterocycles. The Labute approximate surface area is 222 Å². The summed E-state index contributed by atoms with van der Waals surface area (Å²) in [5.41, 5.74) is 5.27. The number of fused-ring (bicyclic) bond motifs is 1. The average Bonchev–Trinajstić information content (AvgIpc) is 3.23. The predicted octanol–water partition coefficient (Wildman–Crippen LogP) is 4.16. The molecule has 0 saturated carbocycles. The summed E-state index contributed by atoms with van der Waals surface area (Å²) in [5, 5.41) is 0.